The highest BCUT2D eigenvalue weighted by Gasteiger charge is 2.15. The fourth-order valence-corrected chi connectivity index (χ4v) is 2.98. The second kappa shape index (κ2) is 6.78. The fourth-order valence-electron chi connectivity index (χ4n) is 2.98. The van der Waals surface area contributed by atoms with Crippen LogP contribution in [0.1, 0.15) is 50.2 Å². The first kappa shape index (κ1) is 15.5. The van der Waals surface area contributed by atoms with E-state index in [0.29, 0.717) is 11.1 Å². The van der Waals surface area contributed by atoms with Crippen LogP contribution in [0.25, 0.3) is 0 Å². The van der Waals surface area contributed by atoms with Crippen molar-refractivity contribution in [1.29, 1.82) is 0 Å². The van der Waals surface area contributed by atoms with Gasteiger partial charge in [-0.15, -0.1) is 0 Å². The zero-order valence-corrected chi connectivity index (χ0v) is 13.3. The first-order valence-corrected chi connectivity index (χ1v) is 8.02. The van der Waals surface area contributed by atoms with Crippen LogP contribution in [0.5, 0.6) is 0 Å². The SMILES string of the molecule is Cc1cccc(C(=O)OCC(=O)c2ccc3c(c2)CCCC3)c1. The average Bonchev–Trinajstić information content (AvgIpc) is 2.59. The second-order valence-corrected chi connectivity index (χ2v) is 6.06. The largest absolute Gasteiger partial charge is 0.454 e. The molecule has 0 saturated carbocycles. The molecule has 0 radical (unpaired) electrons. The van der Waals surface area contributed by atoms with Gasteiger partial charge in [-0.05, 0) is 61.9 Å². The number of hydrogen-bond acceptors (Lipinski definition) is 3. The number of Topliss-reactive ketones (excluding diaryl/α,β-unsaturated/α-hetero) is 1. The average molecular weight is 308 g/mol. The summed E-state index contributed by atoms with van der Waals surface area (Å²) in [6, 6.07) is 13.0. The molecule has 0 N–H and O–H groups in total. The van der Waals surface area contributed by atoms with Crippen LogP contribution in [-0.2, 0) is 17.6 Å². The first-order chi connectivity index (χ1) is 11.1. The number of aryl methyl sites for hydroxylation is 3. The van der Waals surface area contributed by atoms with Crippen molar-refractivity contribution in [1.82, 2.24) is 0 Å². The highest BCUT2D eigenvalue weighted by Crippen LogP contribution is 2.22. The summed E-state index contributed by atoms with van der Waals surface area (Å²) in [5.41, 5.74) is 4.68. The molecular weight excluding hydrogens is 288 g/mol. The van der Waals surface area contributed by atoms with Gasteiger partial charge in [0.15, 0.2) is 12.4 Å². The molecule has 0 atom stereocenters. The molecule has 1 aliphatic rings. The summed E-state index contributed by atoms with van der Waals surface area (Å²) in [7, 11) is 0. The Kier molecular flexibility index (Phi) is 4.56. The highest BCUT2D eigenvalue weighted by atomic mass is 16.5. The lowest BCUT2D eigenvalue weighted by atomic mass is 9.90. The minimum Gasteiger partial charge on any atom is -0.454 e. The van der Waals surface area contributed by atoms with Gasteiger partial charge < -0.3 is 4.74 Å². The molecule has 0 unspecified atom stereocenters. The van der Waals surface area contributed by atoms with Gasteiger partial charge in [-0.25, -0.2) is 4.79 Å². The Morgan fingerprint density at radius 2 is 1.74 bits per heavy atom. The van der Waals surface area contributed by atoms with Gasteiger partial charge in [0.05, 0.1) is 5.56 Å². The lowest BCUT2D eigenvalue weighted by Gasteiger charge is -2.16. The number of fused-ring (bicyclic) bond motifs is 1. The van der Waals surface area contributed by atoms with Crippen LogP contribution in [0.3, 0.4) is 0 Å². The van der Waals surface area contributed by atoms with Crippen LogP contribution in [0.4, 0.5) is 0 Å². The van der Waals surface area contributed by atoms with Gasteiger partial charge in [0.1, 0.15) is 0 Å². The summed E-state index contributed by atoms with van der Waals surface area (Å²) in [5, 5.41) is 0. The highest BCUT2D eigenvalue weighted by molar-refractivity contribution is 5.99. The molecule has 3 heteroatoms. The summed E-state index contributed by atoms with van der Waals surface area (Å²) in [5.74, 6) is -0.612. The molecule has 0 fully saturated rings. The van der Waals surface area contributed by atoms with E-state index in [1.165, 1.54) is 24.0 Å². The quantitative estimate of drug-likeness (QED) is 0.635. The van der Waals surface area contributed by atoms with Gasteiger partial charge in [0.25, 0.3) is 0 Å². The Morgan fingerprint density at radius 1 is 0.957 bits per heavy atom. The van der Waals surface area contributed by atoms with Crippen LogP contribution in [0.15, 0.2) is 42.5 Å². The predicted octanol–water partition coefficient (Wildman–Crippen LogP) is 3.91. The number of hydrogen-bond donors (Lipinski definition) is 0. The molecule has 2 aromatic rings. The van der Waals surface area contributed by atoms with Crippen LogP contribution >= 0.6 is 0 Å². The molecule has 3 rings (SSSR count). The van der Waals surface area contributed by atoms with Gasteiger partial charge in [-0.3, -0.25) is 4.79 Å². The summed E-state index contributed by atoms with van der Waals surface area (Å²) in [6.07, 6.45) is 4.51. The van der Waals surface area contributed by atoms with E-state index in [9.17, 15) is 9.59 Å². The lowest BCUT2D eigenvalue weighted by molar-refractivity contribution is 0.0474. The maximum absolute atomic E-state index is 12.3. The molecular formula is C20H20O3. The van der Waals surface area contributed by atoms with E-state index in [1.807, 2.05) is 31.2 Å². The molecule has 0 heterocycles. The number of ether oxygens (including phenoxy) is 1. The number of carbonyl (C=O) groups is 2. The third kappa shape index (κ3) is 3.67. The van der Waals surface area contributed by atoms with Crippen LogP contribution in [0.2, 0.25) is 0 Å². The fraction of sp³-hybridized carbons (Fsp3) is 0.300. The number of benzene rings is 2. The first-order valence-electron chi connectivity index (χ1n) is 8.02. The van der Waals surface area contributed by atoms with Gasteiger partial charge in [0.2, 0.25) is 0 Å². The predicted molar refractivity (Wildman–Crippen MR) is 88.9 cm³/mol. The molecule has 23 heavy (non-hydrogen) atoms. The van der Waals surface area contributed by atoms with E-state index in [2.05, 4.69) is 0 Å². The summed E-state index contributed by atoms with van der Waals surface area (Å²) >= 11 is 0. The third-order valence-electron chi connectivity index (χ3n) is 4.26. The summed E-state index contributed by atoms with van der Waals surface area (Å²) < 4.78 is 5.15. The van der Waals surface area contributed by atoms with E-state index >= 15 is 0 Å². The Bertz CT molecular complexity index is 746. The zero-order chi connectivity index (χ0) is 16.2. The molecule has 0 aromatic heterocycles. The number of rotatable bonds is 4. The van der Waals surface area contributed by atoms with Crippen molar-refractivity contribution in [2.24, 2.45) is 0 Å². The molecule has 3 nitrogen and oxygen atoms in total. The number of esters is 1. The normalized spacial score (nSPS) is 13.3. The molecule has 0 bridgehead atoms. The Balaban J connectivity index is 1.64. The molecule has 0 saturated heterocycles. The van der Waals surface area contributed by atoms with Crippen molar-refractivity contribution in [2.75, 3.05) is 6.61 Å². The van der Waals surface area contributed by atoms with Crippen molar-refractivity contribution in [3.63, 3.8) is 0 Å². The van der Waals surface area contributed by atoms with E-state index in [1.54, 1.807) is 18.2 Å². The smallest absolute Gasteiger partial charge is 0.338 e. The second-order valence-electron chi connectivity index (χ2n) is 6.06. The van der Waals surface area contributed by atoms with Crippen molar-refractivity contribution in [3.05, 3.63) is 70.3 Å². The molecule has 0 aliphatic heterocycles. The Labute approximate surface area is 136 Å². The van der Waals surface area contributed by atoms with Crippen molar-refractivity contribution >= 4 is 11.8 Å². The monoisotopic (exact) mass is 308 g/mol. The number of ketones is 1. The standard InChI is InChI=1S/C20H20O3/c1-14-5-4-8-18(11-14)20(22)23-13-19(21)17-10-9-15-6-2-3-7-16(15)12-17/h4-5,8-12H,2-3,6-7,13H2,1H3. The zero-order valence-electron chi connectivity index (χ0n) is 13.3. The van der Waals surface area contributed by atoms with E-state index in [0.717, 1.165) is 18.4 Å². The van der Waals surface area contributed by atoms with Gasteiger partial charge in [0, 0.05) is 5.56 Å². The van der Waals surface area contributed by atoms with E-state index in [4.69, 9.17) is 4.74 Å². The Hall–Kier alpha value is -2.42. The number of carbonyl (C=O) groups excluding carboxylic acids is 2. The molecule has 0 amide bonds. The van der Waals surface area contributed by atoms with Crippen molar-refractivity contribution in [3.8, 4) is 0 Å². The van der Waals surface area contributed by atoms with Crippen LogP contribution in [0, 0.1) is 6.92 Å². The van der Waals surface area contributed by atoms with Crippen molar-refractivity contribution in [2.45, 2.75) is 32.6 Å². The van der Waals surface area contributed by atoms with Crippen molar-refractivity contribution < 1.29 is 14.3 Å². The topological polar surface area (TPSA) is 43.4 Å². The third-order valence-corrected chi connectivity index (χ3v) is 4.26. The minimum atomic E-state index is -0.458. The van der Waals surface area contributed by atoms with Gasteiger partial charge >= 0.3 is 5.97 Å². The van der Waals surface area contributed by atoms with Crippen LogP contribution < -0.4 is 0 Å². The molecule has 0 spiro atoms. The van der Waals surface area contributed by atoms with Crippen LogP contribution in [-0.4, -0.2) is 18.4 Å². The maximum Gasteiger partial charge on any atom is 0.338 e. The maximum atomic E-state index is 12.3. The molecule has 2 aromatic carbocycles. The lowest BCUT2D eigenvalue weighted by Crippen LogP contribution is -2.15. The van der Waals surface area contributed by atoms with Gasteiger partial charge in [-0.1, -0.05) is 29.8 Å². The minimum absolute atomic E-state index is 0.153. The van der Waals surface area contributed by atoms with E-state index in [-0.39, 0.29) is 12.4 Å². The van der Waals surface area contributed by atoms with Gasteiger partial charge in [-0.2, -0.15) is 0 Å². The summed E-state index contributed by atoms with van der Waals surface area (Å²) in [4.78, 5) is 24.2. The molecule has 118 valence electrons. The molecule has 1 aliphatic carbocycles. The summed E-state index contributed by atoms with van der Waals surface area (Å²) in [6.45, 7) is 1.70. The van der Waals surface area contributed by atoms with E-state index < -0.39 is 5.97 Å². The Morgan fingerprint density at radius 3 is 2.52 bits per heavy atom.